The lowest BCUT2D eigenvalue weighted by Gasteiger charge is -2.61. The predicted molar refractivity (Wildman–Crippen MR) is 119 cm³/mol. The third kappa shape index (κ3) is 3.40. The third-order valence-electron chi connectivity index (χ3n) is 11.2. The molecule has 0 aliphatic heterocycles. The van der Waals surface area contributed by atoms with E-state index in [9.17, 15) is 5.11 Å². The van der Waals surface area contributed by atoms with Crippen LogP contribution >= 0.6 is 0 Å². The molecule has 0 bridgehead atoms. The summed E-state index contributed by atoms with van der Waals surface area (Å²) in [6.45, 7) is 12.7. The summed E-state index contributed by atoms with van der Waals surface area (Å²) in [5, 5.41) is 10.3. The van der Waals surface area contributed by atoms with Crippen LogP contribution in [0.1, 0.15) is 112 Å². The number of hydrogen-bond donors (Lipinski definition) is 1. The molecule has 4 saturated carbocycles. The monoisotopic (exact) mass is 388 g/mol. The lowest BCUT2D eigenvalue weighted by atomic mass is 9.44. The van der Waals surface area contributed by atoms with Crippen molar-refractivity contribution in [1.29, 1.82) is 0 Å². The van der Waals surface area contributed by atoms with Gasteiger partial charge in [0.1, 0.15) is 0 Å². The van der Waals surface area contributed by atoms with Gasteiger partial charge in [0.15, 0.2) is 0 Å². The van der Waals surface area contributed by atoms with Crippen LogP contribution in [0.2, 0.25) is 0 Å². The lowest BCUT2D eigenvalue weighted by molar-refractivity contribution is -0.129. The average Bonchev–Trinajstić information content (AvgIpc) is 3.03. The SMILES string of the molecule is CC[C@H](C)CC[C@@H](C)[C@H]1CC[C@H]2[C@@H]3CC[C@H]4C[C@@H](O)CC[C@]4(C)[C@H]3CC[C@]12C. The van der Waals surface area contributed by atoms with E-state index in [1.807, 2.05) is 0 Å². The largest absolute Gasteiger partial charge is 0.393 e. The minimum atomic E-state index is -0.00861. The van der Waals surface area contributed by atoms with Gasteiger partial charge in [-0.15, -0.1) is 0 Å². The Hall–Kier alpha value is -0.0400. The zero-order chi connectivity index (χ0) is 20.1. The van der Waals surface area contributed by atoms with E-state index >= 15 is 0 Å². The van der Waals surface area contributed by atoms with Crippen LogP contribution in [0.3, 0.4) is 0 Å². The fourth-order valence-electron chi connectivity index (χ4n) is 9.16. The molecule has 4 fully saturated rings. The molecule has 0 aromatic heterocycles. The molecule has 0 radical (unpaired) electrons. The number of aliphatic hydroxyl groups excluding tert-OH is 1. The highest BCUT2D eigenvalue weighted by atomic mass is 16.3. The van der Waals surface area contributed by atoms with Gasteiger partial charge in [0, 0.05) is 0 Å². The first-order chi connectivity index (χ1) is 13.3. The van der Waals surface area contributed by atoms with E-state index in [0.29, 0.717) is 10.8 Å². The Morgan fingerprint density at radius 1 is 0.857 bits per heavy atom. The second-order valence-electron chi connectivity index (χ2n) is 12.4. The predicted octanol–water partition coefficient (Wildman–Crippen LogP) is 7.47. The fourth-order valence-corrected chi connectivity index (χ4v) is 9.16. The van der Waals surface area contributed by atoms with Gasteiger partial charge in [0.05, 0.1) is 6.10 Å². The van der Waals surface area contributed by atoms with Crippen molar-refractivity contribution >= 4 is 0 Å². The van der Waals surface area contributed by atoms with Gasteiger partial charge in [-0.25, -0.2) is 0 Å². The molecule has 1 nitrogen and oxygen atoms in total. The Labute approximate surface area is 175 Å². The second kappa shape index (κ2) is 7.90. The van der Waals surface area contributed by atoms with Gasteiger partial charge >= 0.3 is 0 Å². The standard InChI is InChI=1S/C27H48O/c1-6-18(2)7-8-19(3)23-11-12-24-22-10-9-20-17-21(28)13-15-26(20,4)25(22)14-16-27(23,24)5/h18-25,28H,6-17H2,1-5H3/t18-,19+,20-,21-,22-,23+,24-,25-,26-,27+/m0/s1. The van der Waals surface area contributed by atoms with Gasteiger partial charge in [-0.1, -0.05) is 53.9 Å². The Bertz CT molecular complexity index is 542. The molecule has 162 valence electrons. The van der Waals surface area contributed by atoms with E-state index in [1.54, 1.807) is 0 Å². The Morgan fingerprint density at radius 2 is 1.57 bits per heavy atom. The number of rotatable bonds is 5. The highest BCUT2D eigenvalue weighted by Gasteiger charge is 2.60. The second-order valence-corrected chi connectivity index (χ2v) is 12.4. The minimum Gasteiger partial charge on any atom is -0.393 e. The minimum absolute atomic E-state index is 0.00861. The van der Waals surface area contributed by atoms with Crippen LogP contribution in [-0.2, 0) is 0 Å². The molecular weight excluding hydrogens is 340 g/mol. The molecule has 28 heavy (non-hydrogen) atoms. The summed E-state index contributed by atoms with van der Waals surface area (Å²) in [4.78, 5) is 0. The number of fused-ring (bicyclic) bond motifs is 5. The van der Waals surface area contributed by atoms with Crippen LogP contribution in [0, 0.1) is 52.3 Å². The summed E-state index contributed by atoms with van der Waals surface area (Å²) in [6, 6.07) is 0. The molecule has 4 aliphatic carbocycles. The maximum absolute atomic E-state index is 10.3. The molecule has 0 spiro atoms. The molecule has 1 N–H and O–H groups in total. The van der Waals surface area contributed by atoms with Crippen LogP contribution in [0.15, 0.2) is 0 Å². The van der Waals surface area contributed by atoms with E-state index in [2.05, 4.69) is 34.6 Å². The van der Waals surface area contributed by atoms with Crippen molar-refractivity contribution in [3.05, 3.63) is 0 Å². The zero-order valence-corrected chi connectivity index (χ0v) is 19.6. The van der Waals surface area contributed by atoms with E-state index in [-0.39, 0.29) is 6.10 Å². The number of aliphatic hydroxyl groups is 1. The molecule has 0 aromatic rings. The van der Waals surface area contributed by atoms with Crippen molar-refractivity contribution in [1.82, 2.24) is 0 Å². The van der Waals surface area contributed by atoms with Gasteiger partial charge in [-0.3, -0.25) is 0 Å². The molecule has 4 aliphatic rings. The smallest absolute Gasteiger partial charge is 0.0543 e. The highest BCUT2D eigenvalue weighted by molar-refractivity contribution is 5.09. The molecule has 0 saturated heterocycles. The first-order valence-corrected chi connectivity index (χ1v) is 13.0. The summed E-state index contributed by atoms with van der Waals surface area (Å²) in [5.74, 6) is 6.52. The van der Waals surface area contributed by atoms with Gasteiger partial charge in [0.25, 0.3) is 0 Å². The fraction of sp³-hybridized carbons (Fsp3) is 1.00. The Balaban J connectivity index is 1.47. The van der Waals surface area contributed by atoms with Crippen LogP contribution < -0.4 is 0 Å². The quantitative estimate of drug-likeness (QED) is 0.518. The maximum atomic E-state index is 10.3. The van der Waals surface area contributed by atoms with Crippen LogP contribution in [-0.4, -0.2) is 11.2 Å². The Kier molecular flexibility index (Phi) is 5.98. The third-order valence-corrected chi connectivity index (χ3v) is 11.2. The molecule has 0 aromatic carbocycles. The van der Waals surface area contributed by atoms with Crippen molar-refractivity contribution in [2.45, 2.75) is 118 Å². The number of hydrogen-bond acceptors (Lipinski definition) is 1. The summed E-state index contributed by atoms with van der Waals surface area (Å²) in [6.07, 6.45) is 16.5. The van der Waals surface area contributed by atoms with Gasteiger partial charge in [-0.05, 0) is 110 Å². The normalized spacial score (nSPS) is 50.4. The molecule has 0 heterocycles. The molecule has 0 amide bonds. The highest BCUT2D eigenvalue weighted by Crippen LogP contribution is 2.68. The summed E-state index contributed by atoms with van der Waals surface area (Å²) < 4.78 is 0. The molecule has 10 atom stereocenters. The lowest BCUT2D eigenvalue weighted by Crippen LogP contribution is -2.54. The topological polar surface area (TPSA) is 20.2 Å². The Morgan fingerprint density at radius 3 is 2.32 bits per heavy atom. The van der Waals surface area contributed by atoms with Crippen LogP contribution in [0.4, 0.5) is 0 Å². The average molecular weight is 389 g/mol. The zero-order valence-electron chi connectivity index (χ0n) is 19.6. The summed E-state index contributed by atoms with van der Waals surface area (Å²) in [5.41, 5.74) is 1.15. The summed E-state index contributed by atoms with van der Waals surface area (Å²) in [7, 11) is 0. The van der Waals surface area contributed by atoms with E-state index < -0.39 is 0 Å². The van der Waals surface area contributed by atoms with Crippen LogP contribution in [0.25, 0.3) is 0 Å². The van der Waals surface area contributed by atoms with Crippen molar-refractivity contribution in [3.8, 4) is 0 Å². The van der Waals surface area contributed by atoms with Gasteiger partial charge < -0.3 is 5.11 Å². The maximum Gasteiger partial charge on any atom is 0.0543 e. The first-order valence-electron chi connectivity index (χ1n) is 13.0. The van der Waals surface area contributed by atoms with Crippen molar-refractivity contribution in [2.75, 3.05) is 0 Å². The molecular formula is C27H48O. The molecule has 4 rings (SSSR count). The van der Waals surface area contributed by atoms with E-state index in [1.165, 1.54) is 64.2 Å². The van der Waals surface area contributed by atoms with Gasteiger partial charge in [-0.2, -0.15) is 0 Å². The van der Waals surface area contributed by atoms with E-state index in [4.69, 9.17) is 0 Å². The van der Waals surface area contributed by atoms with Gasteiger partial charge in [0.2, 0.25) is 0 Å². The van der Waals surface area contributed by atoms with Crippen molar-refractivity contribution in [2.24, 2.45) is 52.3 Å². The first kappa shape index (κ1) is 21.2. The molecule has 1 heteroatoms. The van der Waals surface area contributed by atoms with Crippen molar-refractivity contribution in [3.63, 3.8) is 0 Å². The van der Waals surface area contributed by atoms with E-state index in [0.717, 1.165) is 54.3 Å². The van der Waals surface area contributed by atoms with Crippen molar-refractivity contribution < 1.29 is 5.11 Å². The van der Waals surface area contributed by atoms with Crippen LogP contribution in [0.5, 0.6) is 0 Å². The summed E-state index contributed by atoms with van der Waals surface area (Å²) >= 11 is 0. The molecule has 0 unspecified atom stereocenters.